The van der Waals surface area contributed by atoms with E-state index in [9.17, 15) is 4.79 Å². The number of aliphatic carboxylic acids is 1. The van der Waals surface area contributed by atoms with E-state index in [-0.39, 0.29) is 6.54 Å². The summed E-state index contributed by atoms with van der Waals surface area (Å²) in [5.41, 5.74) is 1.60. The number of nitrogens with one attached hydrogen (secondary N) is 1. The van der Waals surface area contributed by atoms with Gasteiger partial charge in [-0.15, -0.1) is 0 Å². The Kier molecular flexibility index (Phi) is 4.43. The summed E-state index contributed by atoms with van der Waals surface area (Å²) in [5.74, 6) is -0.299. The van der Waals surface area contributed by atoms with Gasteiger partial charge in [-0.05, 0) is 31.5 Å². The van der Waals surface area contributed by atoms with E-state index in [1.54, 1.807) is 12.1 Å². The van der Waals surface area contributed by atoms with Gasteiger partial charge in [-0.1, -0.05) is 11.6 Å². The third kappa shape index (κ3) is 3.31. The van der Waals surface area contributed by atoms with E-state index < -0.39 is 5.97 Å². The van der Waals surface area contributed by atoms with E-state index in [4.69, 9.17) is 21.4 Å². The third-order valence-electron chi connectivity index (χ3n) is 2.01. The van der Waals surface area contributed by atoms with Crippen LogP contribution in [0.2, 0.25) is 5.02 Å². The van der Waals surface area contributed by atoms with E-state index in [1.165, 1.54) is 0 Å². The van der Waals surface area contributed by atoms with Crippen LogP contribution >= 0.6 is 11.6 Å². The van der Waals surface area contributed by atoms with Crippen LogP contribution in [-0.2, 0) is 4.79 Å². The number of carbonyl (C=O) groups is 1. The van der Waals surface area contributed by atoms with Gasteiger partial charge in [0.1, 0.15) is 12.3 Å². The fraction of sp³-hybridized carbons (Fsp3) is 0.364. The van der Waals surface area contributed by atoms with Crippen molar-refractivity contribution in [2.24, 2.45) is 0 Å². The second-order valence-corrected chi connectivity index (χ2v) is 3.69. The highest BCUT2D eigenvalue weighted by atomic mass is 35.5. The van der Waals surface area contributed by atoms with Gasteiger partial charge >= 0.3 is 5.97 Å². The summed E-state index contributed by atoms with van der Waals surface area (Å²) < 4.78 is 5.32. The van der Waals surface area contributed by atoms with Crippen molar-refractivity contribution in [3.8, 4) is 5.75 Å². The molecule has 1 rings (SSSR count). The molecule has 0 bridgehead atoms. The third-order valence-corrected chi connectivity index (χ3v) is 2.30. The number of halogens is 1. The predicted molar refractivity (Wildman–Crippen MR) is 63.5 cm³/mol. The molecule has 1 aromatic rings. The number of carboxylic acids is 1. The molecule has 0 saturated carbocycles. The van der Waals surface area contributed by atoms with Gasteiger partial charge in [-0.25, -0.2) is 0 Å². The summed E-state index contributed by atoms with van der Waals surface area (Å²) >= 11 is 5.98. The SMILES string of the molecule is CCOc1cc(C)c(NCC(=O)O)cc1Cl. The molecule has 0 fully saturated rings. The Bertz CT molecular complexity index is 393. The van der Waals surface area contributed by atoms with Crippen molar-refractivity contribution in [3.05, 3.63) is 22.7 Å². The molecule has 0 aliphatic heterocycles. The maximum atomic E-state index is 10.4. The molecule has 0 spiro atoms. The highest BCUT2D eigenvalue weighted by molar-refractivity contribution is 6.32. The predicted octanol–water partition coefficient (Wildman–Crippen LogP) is 2.54. The molecule has 0 heterocycles. The molecule has 2 N–H and O–H groups in total. The zero-order valence-corrected chi connectivity index (χ0v) is 9.97. The minimum absolute atomic E-state index is 0.134. The molecule has 0 aromatic heterocycles. The zero-order valence-electron chi connectivity index (χ0n) is 9.21. The quantitative estimate of drug-likeness (QED) is 0.835. The van der Waals surface area contributed by atoms with Crippen LogP contribution in [-0.4, -0.2) is 24.2 Å². The maximum absolute atomic E-state index is 10.4. The number of hydrogen-bond acceptors (Lipinski definition) is 3. The van der Waals surface area contributed by atoms with E-state index >= 15 is 0 Å². The van der Waals surface area contributed by atoms with Crippen molar-refractivity contribution in [2.75, 3.05) is 18.5 Å². The minimum Gasteiger partial charge on any atom is -0.492 e. The molecule has 0 saturated heterocycles. The van der Waals surface area contributed by atoms with Crippen LogP contribution in [0.25, 0.3) is 0 Å². The highest BCUT2D eigenvalue weighted by Gasteiger charge is 2.07. The summed E-state index contributed by atoms with van der Waals surface area (Å²) in [4.78, 5) is 10.4. The lowest BCUT2D eigenvalue weighted by atomic mass is 10.2. The molecular weight excluding hydrogens is 230 g/mol. The Morgan fingerprint density at radius 3 is 2.81 bits per heavy atom. The first-order valence-corrected chi connectivity index (χ1v) is 5.31. The van der Waals surface area contributed by atoms with Crippen LogP contribution in [0.1, 0.15) is 12.5 Å². The van der Waals surface area contributed by atoms with Crippen molar-refractivity contribution in [1.82, 2.24) is 0 Å². The first-order chi connectivity index (χ1) is 7.54. The van der Waals surface area contributed by atoms with Crippen molar-refractivity contribution < 1.29 is 14.6 Å². The summed E-state index contributed by atoms with van der Waals surface area (Å²) in [6.45, 7) is 4.15. The van der Waals surface area contributed by atoms with Gasteiger partial charge < -0.3 is 15.2 Å². The molecule has 0 aliphatic carbocycles. The Labute approximate surface area is 99.2 Å². The lowest BCUT2D eigenvalue weighted by molar-refractivity contribution is -0.134. The number of carboxylic acid groups (broad SMARTS) is 1. The van der Waals surface area contributed by atoms with Gasteiger partial charge in [0.05, 0.1) is 11.6 Å². The molecule has 0 aliphatic rings. The number of ether oxygens (including phenoxy) is 1. The number of benzene rings is 1. The molecule has 0 radical (unpaired) electrons. The Hall–Kier alpha value is -1.42. The Morgan fingerprint density at radius 2 is 2.25 bits per heavy atom. The summed E-state index contributed by atoms with van der Waals surface area (Å²) in [6.07, 6.45) is 0. The molecule has 16 heavy (non-hydrogen) atoms. The molecule has 5 heteroatoms. The second-order valence-electron chi connectivity index (χ2n) is 3.28. The van der Waals surface area contributed by atoms with Crippen LogP contribution in [0, 0.1) is 6.92 Å². The van der Waals surface area contributed by atoms with E-state index in [0.717, 1.165) is 5.56 Å². The standard InChI is InChI=1S/C11H14ClNO3/c1-3-16-10-4-7(2)9(5-8(10)12)13-6-11(14)15/h4-5,13H,3,6H2,1-2H3,(H,14,15). The molecule has 0 atom stereocenters. The Morgan fingerprint density at radius 1 is 1.56 bits per heavy atom. The topological polar surface area (TPSA) is 58.6 Å². The van der Waals surface area contributed by atoms with Gasteiger partial charge in [0.25, 0.3) is 0 Å². The zero-order chi connectivity index (χ0) is 12.1. The molecular formula is C11H14ClNO3. The maximum Gasteiger partial charge on any atom is 0.322 e. The van der Waals surface area contributed by atoms with Gasteiger partial charge in [-0.2, -0.15) is 0 Å². The summed E-state index contributed by atoms with van der Waals surface area (Å²) in [6, 6.07) is 3.46. The van der Waals surface area contributed by atoms with E-state index in [0.29, 0.717) is 23.1 Å². The van der Waals surface area contributed by atoms with Gasteiger partial charge in [0.15, 0.2) is 0 Å². The largest absolute Gasteiger partial charge is 0.492 e. The smallest absolute Gasteiger partial charge is 0.322 e. The van der Waals surface area contributed by atoms with Crippen LogP contribution in [0.5, 0.6) is 5.75 Å². The molecule has 0 unspecified atom stereocenters. The van der Waals surface area contributed by atoms with Crippen molar-refractivity contribution in [1.29, 1.82) is 0 Å². The Balaban J connectivity index is 2.87. The number of aryl methyl sites for hydroxylation is 1. The second kappa shape index (κ2) is 5.61. The number of rotatable bonds is 5. The van der Waals surface area contributed by atoms with Crippen LogP contribution in [0.4, 0.5) is 5.69 Å². The van der Waals surface area contributed by atoms with Crippen LogP contribution in [0.15, 0.2) is 12.1 Å². The van der Waals surface area contributed by atoms with Gasteiger partial charge in [-0.3, -0.25) is 4.79 Å². The monoisotopic (exact) mass is 243 g/mol. The fourth-order valence-corrected chi connectivity index (χ4v) is 1.50. The first kappa shape index (κ1) is 12.6. The molecule has 88 valence electrons. The first-order valence-electron chi connectivity index (χ1n) is 4.93. The fourth-order valence-electron chi connectivity index (χ4n) is 1.28. The molecule has 4 nitrogen and oxygen atoms in total. The lowest BCUT2D eigenvalue weighted by Gasteiger charge is -2.12. The normalized spacial score (nSPS) is 9.94. The van der Waals surface area contributed by atoms with E-state index in [1.807, 2.05) is 13.8 Å². The van der Waals surface area contributed by atoms with Crippen LogP contribution in [0.3, 0.4) is 0 Å². The van der Waals surface area contributed by atoms with E-state index in [2.05, 4.69) is 5.32 Å². The minimum atomic E-state index is -0.913. The average molecular weight is 244 g/mol. The van der Waals surface area contributed by atoms with Crippen molar-refractivity contribution in [3.63, 3.8) is 0 Å². The molecule has 1 aromatic carbocycles. The lowest BCUT2D eigenvalue weighted by Crippen LogP contribution is -2.13. The van der Waals surface area contributed by atoms with Crippen molar-refractivity contribution >= 4 is 23.3 Å². The highest BCUT2D eigenvalue weighted by Crippen LogP contribution is 2.30. The molecule has 0 amide bonds. The number of anilines is 1. The summed E-state index contributed by atoms with van der Waals surface area (Å²) in [5, 5.41) is 11.8. The average Bonchev–Trinajstić information content (AvgIpc) is 2.21. The van der Waals surface area contributed by atoms with Gasteiger partial charge in [0.2, 0.25) is 0 Å². The van der Waals surface area contributed by atoms with Gasteiger partial charge in [0, 0.05) is 5.69 Å². The van der Waals surface area contributed by atoms with Crippen molar-refractivity contribution in [2.45, 2.75) is 13.8 Å². The summed E-state index contributed by atoms with van der Waals surface area (Å²) in [7, 11) is 0. The number of hydrogen-bond donors (Lipinski definition) is 2. The van der Waals surface area contributed by atoms with Crippen LogP contribution < -0.4 is 10.1 Å².